The maximum atomic E-state index is 12.9. The number of nitrogens with one attached hydrogen (secondary N) is 1. The first-order valence-corrected chi connectivity index (χ1v) is 14.7. The minimum Gasteiger partial charge on any atom is -0.370 e. The third-order valence-electron chi connectivity index (χ3n) is 8.67. The number of nitrogens with zero attached hydrogens (tertiary/aromatic N) is 4. The van der Waals surface area contributed by atoms with Crippen LogP contribution in [0, 0.1) is 0 Å². The van der Waals surface area contributed by atoms with Crippen molar-refractivity contribution in [1.82, 2.24) is 24.9 Å². The SMILES string of the molecule is CN1CCN(C(=O)c2ccc(-c3cc(Cl)c(CN4CNC5=C4CC(N4CCCC4=O)CC5)c(Cl)c3)cc2)CC1. The van der Waals surface area contributed by atoms with Gasteiger partial charge < -0.3 is 24.9 Å². The van der Waals surface area contributed by atoms with Gasteiger partial charge in [-0.05, 0) is 61.7 Å². The van der Waals surface area contributed by atoms with Crippen molar-refractivity contribution in [2.75, 3.05) is 46.4 Å². The molecular formula is C30H35Cl2N5O2. The van der Waals surface area contributed by atoms with Crippen molar-refractivity contribution in [3.63, 3.8) is 0 Å². The van der Waals surface area contributed by atoms with Crippen LogP contribution in [0.4, 0.5) is 0 Å². The van der Waals surface area contributed by atoms with Gasteiger partial charge in [-0.15, -0.1) is 0 Å². The highest BCUT2D eigenvalue weighted by Crippen LogP contribution is 2.38. The van der Waals surface area contributed by atoms with Crippen LogP contribution < -0.4 is 5.32 Å². The summed E-state index contributed by atoms with van der Waals surface area (Å²) in [5.74, 6) is 0.368. The fraction of sp³-hybridized carbons (Fsp3) is 0.467. The first-order chi connectivity index (χ1) is 18.9. The highest BCUT2D eigenvalue weighted by atomic mass is 35.5. The monoisotopic (exact) mass is 567 g/mol. The lowest BCUT2D eigenvalue weighted by Gasteiger charge is -2.34. The Bertz CT molecular complexity index is 1280. The Hall–Kier alpha value is -2.74. The van der Waals surface area contributed by atoms with Crippen molar-refractivity contribution in [2.45, 2.75) is 44.7 Å². The molecule has 2 fully saturated rings. The first kappa shape index (κ1) is 26.5. The Balaban J connectivity index is 1.15. The summed E-state index contributed by atoms with van der Waals surface area (Å²) >= 11 is 13.6. The zero-order chi connectivity index (χ0) is 27.1. The molecule has 9 heteroatoms. The number of carbonyl (C=O) groups excluding carboxylic acids is 2. The molecule has 7 nitrogen and oxygen atoms in total. The molecule has 2 aromatic carbocycles. The van der Waals surface area contributed by atoms with E-state index in [0.29, 0.717) is 34.5 Å². The fourth-order valence-corrected chi connectivity index (χ4v) is 6.89. The number of hydrogen-bond acceptors (Lipinski definition) is 5. The van der Waals surface area contributed by atoms with Crippen molar-refractivity contribution in [1.29, 1.82) is 0 Å². The normalized spacial score (nSPS) is 22.0. The number of amides is 2. The lowest BCUT2D eigenvalue weighted by Crippen LogP contribution is -2.47. The topological polar surface area (TPSA) is 59.1 Å². The third-order valence-corrected chi connectivity index (χ3v) is 9.34. The molecule has 3 heterocycles. The Labute approximate surface area is 240 Å². The summed E-state index contributed by atoms with van der Waals surface area (Å²) in [5, 5.41) is 4.81. The van der Waals surface area contributed by atoms with Crippen LogP contribution in [0.1, 0.15) is 48.0 Å². The summed E-state index contributed by atoms with van der Waals surface area (Å²) in [6.07, 6.45) is 4.50. The molecule has 0 aromatic heterocycles. The van der Waals surface area contributed by atoms with Crippen molar-refractivity contribution in [2.24, 2.45) is 0 Å². The zero-order valence-corrected chi connectivity index (χ0v) is 23.9. The molecule has 3 aliphatic heterocycles. The minimum absolute atomic E-state index is 0.0769. The van der Waals surface area contributed by atoms with Gasteiger partial charge in [0.25, 0.3) is 5.91 Å². The molecule has 0 spiro atoms. The van der Waals surface area contributed by atoms with E-state index in [4.69, 9.17) is 23.2 Å². The van der Waals surface area contributed by atoms with Crippen molar-refractivity contribution in [3.8, 4) is 11.1 Å². The number of carbonyl (C=O) groups is 2. The van der Waals surface area contributed by atoms with Crippen molar-refractivity contribution in [3.05, 3.63) is 69.0 Å². The van der Waals surface area contributed by atoms with Crippen LogP contribution in [0.15, 0.2) is 47.8 Å². The van der Waals surface area contributed by atoms with E-state index in [2.05, 4.69) is 27.1 Å². The summed E-state index contributed by atoms with van der Waals surface area (Å²) in [4.78, 5) is 33.8. The molecule has 0 saturated carbocycles. The lowest BCUT2D eigenvalue weighted by molar-refractivity contribution is -0.129. The quantitative estimate of drug-likeness (QED) is 0.562. The molecule has 0 radical (unpaired) electrons. The van der Waals surface area contributed by atoms with Crippen molar-refractivity contribution >= 4 is 35.0 Å². The molecule has 6 rings (SSSR count). The summed E-state index contributed by atoms with van der Waals surface area (Å²) in [6, 6.07) is 11.9. The van der Waals surface area contributed by atoms with E-state index in [1.54, 1.807) is 0 Å². The van der Waals surface area contributed by atoms with Gasteiger partial charge in [0.2, 0.25) is 5.91 Å². The van der Waals surface area contributed by atoms with Gasteiger partial charge in [-0.3, -0.25) is 9.59 Å². The molecule has 1 aliphatic carbocycles. The fourth-order valence-electron chi connectivity index (χ4n) is 6.28. The third kappa shape index (κ3) is 5.37. The van der Waals surface area contributed by atoms with Crippen LogP contribution in [-0.4, -0.2) is 83.9 Å². The number of halogens is 2. The summed E-state index contributed by atoms with van der Waals surface area (Å²) in [7, 11) is 2.08. The molecule has 1 N–H and O–H groups in total. The predicted molar refractivity (Wildman–Crippen MR) is 154 cm³/mol. The first-order valence-electron chi connectivity index (χ1n) is 13.9. The van der Waals surface area contributed by atoms with Gasteiger partial charge in [0.1, 0.15) is 0 Å². The molecule has 1 atom stereocenters. The Morgan fingerprint density at radius 3 is 2.36 bits per heavy atom. The number of hydrogen-bond donors (Lipinski definition) is 1. The molecule has 2 aromatic rings. The van der Waals surface area contributed by atoms with Gasteiger partial charge in [-0.25, -0.2) is 0 Å². The van der Waals surface area contributed by atoms with Crippen LogP contribution in [0.3, 0.4) is 0 Å². The van der Waals surface area contributed by atoms with Gasteiger partial charge in [-0.1, -0.05) is 35.3 Å². The minimum atomic E-state index is 0.0769. The molecule has 2 amide bonds. The smallest absolute Gasteiger partial charge is 0.253 e. The molecule has 0 bridgehead atoms. The summed E-state index contributed by atoms with van der Waals surface area (Å²) in [6.45, 7) is 5.53. The molecule has 206 valence electrons. The van der Waals surface area contributed by atoms with Crippen LogP contribution in [0.2, 0.25) is 10.0 Å². The Morgan fingerprint density at radius 2 is 1.69 bits per heavy atom. The van der Waals surface area contributed by atoms with E-state index in [9.17, 15) is 9.59 Å². The van der Waals surface area contributed by atoms with Crippen molar-refractivity contribution < 1.29 is 9.59 Å². The van der Waals surface area contributed by atoms with Gasteiger partial charge in [0.05, 0.1) is 6.67 Å². The number of benzene rings is 2. The van der Waals surface area contributed by atoms with Crippen LogP contribution in [0.5, 0.6) is 0 Å². The average molecular weight is 569 g/mol. The van der Waals surface area contributed by atoms with Crippen LogP contribution in [0.25, 0.3) is 11.1 Å². The molecule has 2 saturated heterocycles. The summed E-state index contributed by atoms with van der Waals surface area (Å²) < 4.78 is 0. The average Bonchev–Trinajstić information content (AvgIpc) is 3.56. The maximum absolute atomic E-state index is 12.9. The predicted octanol–water partition coefficient (Wildman–Crippen LogP) is 4.80. The highest BCUT2D eigenvalue weighted by Gasteiger charge is 2.35. The van der Waals surface area contributed by atoms with Gasteiger partial charge in [0.15, 0.2) is 0 Å². The Kier molecular flexibility index (Phi) is 7.49. The van der Waals surface area contributed by atoms with Crippen LogP contribution in [-0.2, 0) is 11.3 Å². The molecular weight excluding hydrogens is 533 g/mol. The number of allylic oxidation sites excluding steroid dienone is 1. The number of piperazine rings is 1. The number of likely N-dealkylation sites (tertiary alicyclic amines) is 1. The second-order valence-corrected chi connectivity index (χ2v) is 12.0. The van der Waals surface area contributed by atoms with E-state index in [0.717, 1.165) is 81.8 Å². The molecule has 4 aliphatic rings. The van der Waals surface area contributed by atoms with E-state index in [1.807, 2.05) is 41.3 Å². The lowest BCUT2D eigenvalue weighted by atomic mass is 9.95. The van der Waals surface area contributed by atoms with E-state index in [1.165, 1.54) is 11.4 Å². The van der Waals surface area contributed by atoms with E-state index < -0.39 is 0 Å². The van der Waals surface area contributed by atoms with E-state index in [-0.39, 0.29) is 11.9 Å². The van der Waals surface area contributed by atoms with Gasteiger partial charge >= 0.3 is 0 Å². The standard InChI is InChI=1S/C30H35Cl2N5O2/c1-34-11-13-35(14-12-34)30(39)21-6-4-20(5-7-21)22-15-25(31)24(26(32)16-22)18-36-19-33-27-9-8-23(17-28(27)36)37-10-2-3-29(37)38/h4-7,15-16,23,33H,2-3,8-14,17-19H2,1H3. The molecule has 1 unspecified atom stereocenters. The van der Waals surface area contributed by atoms with Gasteiger partial charge in [-0.2, -0.15) is 0 Å². The van der Waals surface area contributed by atoms with Gasteiger partial charge in [0, 0.05) is 90.7 Å². The zero-order valence-electron chi connectivity index (χ0n) is 22.4. The summed E-state index contributed by atoms with van der Waals surface area (Å²) in [5.41, 5.74) is 6.06. The molecule has 39 heavy (non-hydrogen) atoms. The largest absolute Gasteiger partial charge is 0.370 e. The number of likely N-dealkylation sites (N-methyl/N-ethyl adjacent to an activating group) is 1. The number of rotatable bonds is 5. The maximum Gasteiger partial charge on any atom is 0.253 e. The second kappa shape index (κ2) is 11.0. The Morgan fingerprint density at radius 1 is 0.974 bits per heavy atom. The van der Waals surface area contributed by atoms with E-state index >= 15 is 0 Å². The second-order valence-electron chi connectivity index (χ2n) is 11.1. The van der Waals surface area contributed by atoms with Crippen LogP contribution >= 0.6 is 23.2 Å². The highest BCUT2D eigenvalue weighted by molar-refractivity contribution is 6.36.